The molecule has 1 aromatic heterocycles. The number of thiazole rings is 1. The number of aromatic nitrogens is 1. The molecule has 84 valence electrons. The Morgan fingerprint density at radius 3 is 3.00 bits per heavy atom. The van der Waals surface area contributed by atoms with Crippen molar-refractivity contribution in [1.29, 1.82) is 0 Å². The van der Waals surface area contributed by atoms with Crippen LogP contribution in [0.25, 0.3) is 0 Å². The van der Waals surface area contributed by atoms with Crippen molar-refractivity contribution in [3.8, 4) is 0 Å². The minimum Gasteiger partial charge on any atom is -0.388 e. The van der Waals surface area contributed by atoms with Crippen LogP contribution in [0.4, 0.5) is 0 Å². The Hall–Kier alpha value is -0.710. The molecule has 2 nitrogen and oxygen atoms in total. The molecule has 0 bridgehead atoms. The Balaban J connectivity index is 2.20. The fraction of sp³-hybridized carbons (Fsp3) is 0.250. The largest absolute Gasteiger partial charge is 0.388 e. The van der Waals surface area contributed by atoms with E-state index in [1.165, 1.54) is 0 Å². The summed E-state index contributed by atoms with van der Waals surface area (Å²) in [6, 6.07) is 5.95. The summed E-state index contributed by atoms with van der Waals surface area (Å²) < 4.78 is 0.992. The van der Waals surface area contributed by atoms with E-state index in [-0.39, 0.29) is 0 Å². The van der Waals surface area contributed by atoms with Gasteiger partial charge >= 0.3 is 0 Å². The van der Waals surface area contributed by atoms with E-state index in [1.54, 1.807) is 17.5 Å². The summed E-state index contributed by atoms with van der Waals surface area (Å²) in [5.41, 5.74) is 2.07. The van der Waals surface area contributed by atoms with E-state index in [0.29, 0.717) is 6.42 Å². The van der Waals surface area contributed by atoms with Crippen molar-refractivity contribution < 1.29 is 5.11 Å². The first-order valence-corrected chi connectivity index (χ1v) is 6.66. The first-order valence-electron chi connectivity index (χ1n) is 4.99. The molecule has 16 heavy (non-hydrogen) atoms. The number of nitrogens with zero attached hydrogens (tertiary/aromatic N) is 1. The fourth-order valence-corrected chi connectivity index (χ4v) is 2.63. The predicted molar refractivity (Wildman–Crippen MR) is 69.7 cm³/mol. The highest BCUT2D eigenvalue weighted by Crippen LogP contribution is 2.25. The van der Waals surface area contributed by atoms with Crippen molar-refractivity contribution in [2.24, 2.45) is 0 Å². The molecule has 0 aliphatic carbocycles. The van der Waals surface area contributed by atoms with E-state index >= 15 is 0 Å². The number of aliphatic hydroxyl groups excluding tert-OH is 1. The summed E-state index contributed by atoms with van der Waals surface area (Å²) in [7, 11) is 0. The van der Waals surface area contributed by atoms with Gasteiger partial charge in [0.1, 0.15) is 0 Å². The Morgan fingerprint density at radius 2 is 2.31 bits per heavy atom. The second kappa shape index (κ2) is 5.08. The SMILES string of the molecule is Cc1ccc(Br)cc1C(O)Cc1nccs1. The zero-order chi connectivity index (χ0) is 11.5. The van der Waals surface area contributed by atoms with Crippen LogP contribution >= 0.6 is 27.3 Å². The van der Waals surface area contributed by atoms with Crippen LogP contribution in [0.5, 0.6) is 0 Å². The first kappa shape index (κ1) is 11.8. The van der Waals surface area contributed by atoms with Crippen LogP contribution in [0.15, 0.2) is 34.2 Å². The maximum Gasteiger partial charge on any atom is 0.0954 e. The van der Waals surface area contributed by atoms with Gasteiger partial charge in [0.15, 0.2) is 0 Å². The van der Waals surface area contributed by atoms with Gasteiger partial charge in [-0.3, -0.25) is 0 Å². The lowest BCUT2D eigenvalue weighted by Gasteiger charge is -2.12. The predicted octanol–water partition coefficient (Wildman–Crippen LogP) is 3.49. The minimum atomic E-state index is -0.483. The van der Waals surface area contributed by atoms with Crippen LogP contribution in [-0.2, 0) is 6.42 Å². The average Bonchev–Trinajstić information content (AvgIpc) is 2.74. The highest BCUT2D eigenvalue weighted by atomic mass is 79.9. The van der Waals surface area contributed by atoms with Crippen LogP contribution in [0.1, 0.15) is 22.2 Å². The van der Waals surface area contributed by atoms with E-state index < -0.39 is 6.10 Å². The van der Waals surface area contributed by atoms with Gasteiger partial charge in [-0.1, -0.05) is 22.0 Å². The second-order valence-electron chi connectivity index (χ2n) is 3.65. The van der Waals surface area contributed by atoms with Gasteiger partial charge in [-0.2, -0.15) is 0 Å². The molecule has 1 N–H and O–H groups in total. The summed E-state index contributed by atoms with van der Waals surface area (Å²) in [6.45, 7) is 2.01. The third kappa shape index (κ3) is 2.70. The molecular formula is C12H12BrNOS. The van der Waals surface area contributed by atoms with Gasteiger partial charge in [-0.15, -0.1) is 11.3 Å². The zero-order valence-corrected chi connectivity index (χ0v) is 11.3. The Morgan fingerprint density at radius 1 is 1.50 bits per heavy atom. The fourth-order valence-electron chi connectivity index (χ4n) is 1.60. The van der Waals surface area contributed by atoms with Crippen LogP contribution in [0, 0.1) is 6.92 Å². The molecule has 1 aromatic carbocycles. The van der Waals surface area contributed by atoms with Crippen molar-refractivity contribution in [2.45, 2.75) is 19.4 Å². The number of aryl methyl sites for hydroxylation is 1. The summed E-state index contributed by atoms with van der Waals surface area (Å²) in [6.07, 6.45) is 1.86. The summed E-state index contributed by atoms with van der Waals surface area (Å²) in [5.74, 6) is 0. The molecule has 0 aliphatic heterocycles. The van der Waals surface area contributed by atoms with Gasteiger partial charge in [0.25, 0.3) is 0 Å². The van der Waals surface area contributed by atoms with Crippen LogP contribution in [0.3, 0.4) is 0 Å². The molecule has 0 aliphatic rings. The number of rotatable bonds is 3. The molecule has 0 fully saturated rings. The minimum absolute atomic E-state index is 0.483. The molecule has 0 radical (unpaired) electrons. The quantitative estimate of drug-likeness (QED) is 0.941. The molecule has 0 saturated heterocycles. The molecule has 0 saturated carbocycles. The van der Waals surface area contributed by atoms with Gasteiger partial charge in [-0.25, -0.2) is 4.98 Å². The molecule has 2 rings (SSSR count). The Bertz CT molecular complexity index is 470. The standard InChI is InChI=1S/C12H12BrNOS/c1-8-2-3-9(13)6-10(8)11(15)7-12-14-4-5-16-12/h2-6,11,15H,7H2,1H3. The smallest absolute Gasteiger partial charge is 0.0954 e. The van der Waals surface area contributed by atoms with E-state index in [4.69, 9.17) is 0 Å². The van der Waals surface area contributed by atoms with Crippen molar-refractivity contribution in [2.75, 3.05) is 0 Å². The third-order valence-corrected chi connectivity index (χ3v) is 3.75. The second-order valence-corrected chi connectivity index (χ2v) is 5.54. The molecule has 0 spiro atoms. The number of benzene rings is 1. The lowest BCUT2D eigenvalue weighted by atomic mass is 10.0. The van der Waals surface area contributed by atoms with Crippen molar-refractivity contribution in [3.05, 3.63) is 50.4 Å². The topological polar surface area (TPSA) is 33.1 Å². The van der Waals surface area contributed by atoms with Crippen LogP contribution in [-0.4, -0.2) is 10.1 Å². The molecular weight excluding hydrogens is 286 g/mol. The van der Waals surface area contributed by atoms with Crippen LogP contribution in [0.2, 0.25) is 0 Å². The lowest BCUT2D eigenvalue weighted by Crippen LogP contribution is -2.03. The summed E-state index contributed by atoms with van der Waals surface area (Å²) in [5, 5.41) is 13.0. The molecule has 1 heterocycles. The molecule has 2 aromatic rings. The number of halogens is 1. The van der Waals surface area contributed by atoms with Gasteiger partial charge in [0, 0.05) is 22.5 Å². The third-order valence-electron chi connectivity index (χ3n) is 2.45. The van der Waals surface area contributed by atoms with E-state index in [9.17, 15) is 5.11 Å². The summed E-state index contributed by atoms with van der Waals surface area (Å²) in [4.78, 5) is 4.18. The number of hydrogen-bond acceptors (Lipinski definition) is 3. The Kier molecular flexibility index (Phi) is 3.74. The van der Waals surface area contributed by atoms with Crippen molar-refractivity contribution >= 4 is 27.3 Å². The monoisotopic (exact) mass is 297 g/mol. The lowest BCUT2D eigenvalue weighted by molar-refractivity contribution is 0.177. The van der Waals surface area contributed by atoms with Gasteiger partial charge in [0.2, 0.25) is 0 Å². The molecule has 1 unspecified atom stereocenters. The molecule has 0 amide bonds. The van der Waals surface area contributed by atoms with Crippen molar-refractivity contribution in [1.82, 2.24) is 4.98 Å². The van der Waals surface area contributed by atoms with Gasteiger partial charge in [0.05, 0.1) is 11.1 Å². The highest BCUT2D eigenvalue weighted by Gasteiger charge is 2.12. The van der Waals surface area contributed by atoms with E-state index in [0.717, 1.165) is 20.6 Å². The molecule has 1 atom stereocenters. The maximum absolute atomic E-state index is 10.1. The summed E-state index contributed by atoms with van der Waals surface area (Å²) >= 11 is 4.99. The van der Waals surface area contributed by atoms with Crippen molar-refractivity contribution in [3.63, 3.8) is 0 Å². The Labute approximate surface area is 107 Å². The average molecular weight is 298 g/mol. The number of hydrogen-bond donors (Lipinski definition) is 1. The zero-order valence-electron chi connectivity index (χ0n) is 8.85. The van der Waals surface area contributed by atoms with E-state index in [2.05, 4.69) is 20.9 Å². The van der Waals surface area contributed by atoms with Gasteiger partial charge in [-0.05, 0) is 30.2 Å². The molecule has 4 heteroatoms. The van der Waals surface area contributed by atoms with E-state index in [1.807, 2.05) is 30.5 Å². The maximum atomic E-state index is 10.1. The highest BCUT2D eigenvalue weighted by molar-refractivity contribution is 9.10. The normalized spacial score (nSPS) is 12.7. The van der Waals surface area contributed by atoms with Crippen LogP contribution < -0.4 is 0 Å². The number of aliphatic hydroxyl groups is 1. The first-order chi connectivity index (χ1) is 7.66. The van der Waals surface area contributed by atoms with Gasteiger partial charge < -0.3 is 5.11 Å².